The highest BCUT2D eigenvalue weighted by Gasteiger charge is 2.28. The van der Waals surface area contributed by atoms with Crippen molar-refractivity contribution in [3.63, 3.8) is 0 Å². The van der Waals surface area contributed by atoms with Gasteiger partial charge in [0.1, 0.15) is 0 Å². The van der Waals surface area contributed by atoms with Gasteiger partial charge in [-0.2, -0.15) is 0 Å². The van der Waals surface area contributed by atoms with Crippen LogP contribution in [0.5, 0.6) is 0 Å². The van der Waals surface area contributed by atoms with E-state index in [1.54, 1.807) is 0 Å². The summed E-state index contributed by atoms with van der Waals surface area (Å²) in [7, 11) is 0. The molecule has 0 N–H and O–H groups in total. The minimum atomic E-state index is 0.134. The first-order valence-electron chi connectivity index (χ1n) is 6.99. The van der Waals surface area contributed by atoms with E-state index in [4.69, 9.17) is 4.74 Å². The van der Waals surface area contributed by atoms with Gasteiger partial charge in [-0.05, 0) is 19.3 Å². The lowest BCUT2D eigenvalue weighted by Crippen LogP contribution is -2.32. The number of unbranched alkanes of at least 4 members (excludes halogenated alkanes) is 2. The van der Waals surface area contributed by atoms with E-state index in [0.717, 1.165) is 0 Å². The Balaban J connectivity index is 4.37. The van der Waals surface area contributed by atoms with Gasteiger partial charge in [0, 0.05) is 0 Å². The third-order valence-electron chi connectivity index (χ3n) is 3.18. The third kappa shape index (κ3) is 6.32. The number of ether oxygens (including phenoxy) is 1. The summed E-state index contributed by atoms with van der Waals surface area (Å²) in [5, 5.41) is 0. The monoisotopic (exact) mass is 226 g/mol. The average molecular weight is 226 g/mol. The van der Waals surface area contributed by atoms with Crippen molar-refractivity contribution in [2.24, 2.45) is 0 Å². The van der Waals surface area contributed by atoms with Crippen molar-refractivity contribution >= 4 is 0 Å². The third-order valence-corrected chi connectivity index (χ3v) is 3.18. The molecular weight excluding hydrogens is 196 g/mol. The fourth-order valence-electron chi connectivity index (χ4n) is 2.28. The molecule has 0 saturated carbocycles. The Bertz CT molecular complexity index is 155. The molecule has 16 heavy (non-hydrogen) atoms. The summed E-state index contributed by atoms with van der Waals surface area (Å²) in [5.41, 5.74) is 0.134. The standard InChI is InChI=1S/C15H30O/c1-5-9-12-15(11-7-3,13-10-6-2)16-14-8-4/h8H,4-7,9-14H2,1-3H3. The van der Waals surface area contributed by atoms with Crippen LogP contribution in [0.3, 0.4) is 0 Å². The smallest absolute Gasteiger partial charge is 0.0686 e. The van der Waals surface area contributed by atoms with Gasteiger partial charge in [0.15, 0.2) is 0 Å². The highest BCUT2D eigenvalue weighted by atomic mass is 16.5. The maximum atomic E-state index is 6.11. The molecule has 0 aromatic carbocycles. The summed E-state index contributed by atoms with van der Waals surface area (Å²) in [5.74, 6) is 0. The van der Waals surface area contributed by atoms with Gasteiger partial charge in [-0.1, -0.05) is 59.0 Å². The van der Waals surface area contributed by atoms with E-state index in [-0.39, 0.29) is 5.60 Å². The molecule has 1 heteroatoms. The van der Waals surface area contributed by atoms with Gasteiger partial charge < -0.3 is 4.74 Å². The van der Waals surface area contributed by atoms with Gasteiger partial charge >= 0.3 is 0 Å². The van der Waals surface area contributed by atoms with Crippen molar-refractivity contribution in [3.8, 4) is 0 Å². The zero-order valence-electron chi connectivity index (χ0n) is 11.6. The van der Waals surface area contributed by atoms with Crippen LogP contribution in [0.4, 0.5) is 0 Å². The van der Waals surface area contributed by atoms with Crippen LogP contribution >= 0.6 is 0 Å². The van der Waals surface area contributed by atoms with Crippen LogP contribution in [0.15, 0.2) is 12.7 Å². The Morgan fingerprint density at radius 2 is 1.50 bits per heavy atom. The highest BCUT2D eigenvalue weighted by Crippen LogP contribution is 2.30. The minimum absolute atomic E-state index is 0.134. The van der Waals surface area contributed by atoms with Gasteiger partial charge in [-0.3, -0.25) is 0 Å². The lowest BCUT2D eigenvalue weighted by molar-refractivity contribution is -0.0535. The van der Waals surface area contributed by atoms with Crippen molar-refractivity contribution in [2.75, 3.05) is 6.61 Å². The van der Waals surface area contributed by atoms with Crippen molar-refractivity contribution in [3.05, 3.63) is 12.7 Å². The quantitative estimate of drug-likeness (QED) is 0.445. The van der Waals surface area contributed by atoms with Crippen molar-refractivity contribution in [1.82, 2.24) is 0 Å². The molecule has 0 aliphatic rings. The van der Waals surface area contributed by atoms with Crippen molar-refractivity contribution in [1.29, 1.82) is 0 Å². The van der Waals surface area contributed by atoms with E-state index in [1.807, 2.05) is 6.08 Å². The van der Waals surface area contributed by atoms with Gasteiger partial charge in [0.2, 0.25) is 0 Å². The first kappa shape index (κ1) is 15.7. The number of rotatable bonds is 11. The van der Waals surface area contributed by atoms with E-state index >= 15 is 0 Å². The SMILES string of the molecule is C=CCOC(CCC)(CCCC)CCCC. The number of hydrogen-bond acceptors (Lipinski definition) is 1. The molecule has 0 amide bonds. The van der Waals surface area contributed by atoms with Crippen LogP contribution < -0.4 is 0 Å². The Morgan fingerprint density at radius 1 is 0.938 bits per heavy atom. The normalized spacial score (nSPS) is 11.7. The summed E-state index contributed by atoms with van der Waals surface area (Å²) in [4.78, 5) is 0. The van der Waals surface area contributed by atoms with Crippen molar-refractivity contribution < 1.29 is 4.74 Å². The number of hydrogen-bond donors (Lipinski definition) is 0. The minimum Gasteiger partial charge on any atom is -0.371 e. The van der Waals surface area contributed by atoms with E-state index < -0.39 is 0 Å². The molecule has 0 rings (SSSR count). The maximum Gasteiger partial charge on any atom is 0.0686 e. The Labute approximate surface area is 102 Å². The second kappa shape index (κ2) is 9.89. The molecule has 96 valence electrons. The summed E-state index contributed by atoms with van der Waals surface area (Å²) >= 11 is 0. The van der Waals surface area contributed by atoms with Crippen LogP contribution in [0.25, 0.3) is 0 Å². The fourth-order valence-corrected chi connectivity index (χ4v) is 2.28. The molecule has 0 heterocycles. The molecule has 0 fully saturated rings. The summed E-state index contributed by atoms with van der Waals surface area (Å²) in [6, 6.07) is 0. The summed E-state index contributed by atoms with van der Waals surface area (Å²) < 4.78 is 6.11. The van der Waals surface area contributed by atoms with Crippen LogP contribution in [0.2, 0.25) is 0 Å². The van der Waals surface area contributed by atoms with Gasteiger partial charge in [0.05, 0.1) is 12.2 Å². The summed E-state index contributed by atoms with van der Waals surface area (Å²) in [6.45, 7) is 11.2. The van der Waals surface area contributed by atoms with Crippen LogP contribution in [0.1, 0.15) is 72.1 Å². The fraction of sp³-hybridized carbons (Fsp3) is 0.867. The molecule has 0 radical (unpaired) electrons. The van der Waals surface area contributed by atoms with Gasteiger partial charge in [-0.15, -0.1) is 6.58 Å². The van der Waals surface area contributed by atoms with Crippen molar-refractivity contribution in [2.45, 2.75) is 77.7 Å². The molecule has 0 aliphatic heterocycles. The maximum absolute atomic E-state index is 6.11. The van der Waals surface area contributed by atoms with Crippen LogP contribution in [-0.4, -0.2) is 12.2 Å². The molecule has 1 nitrogen and oxygen atoms in total. The molecule has 0 aromatic heterocycles. The first-order valence-corrected chi connectivity index (χ1v) is 6.99. The molecule has 0 aromatic rings. The van der Waals surface area contributed by atoms with Crippen LogP contribution in [0, 0.1) is 0 Å². The molecule has 0 aliphatic carbocycles. The molecular formula is C15H30O. The largest absolute Gasteiger partial charge is 0.371 e. The molecule has 0 saturated heterocycles. The lowest BCUT2D eigenvalue weighted by atomic mass is 9.86. The average Bonchev–Trinajstić information content (AvgIpc) is 2.31. The second-order valence-corrected chi connectivity index (χ2v) is 4.74. The summed E-state index contributed by atoms with van der Waals surface area (Å²) in [6.07, 6.45) is 11.8. The molecule has 0 bridgehead atoms. The Morgan fingerprint density at radius 3 is 1.88 bits per heavy atom. The van der Waals surface area contributed by atoms with Gasteiger partial charge in [0.25, 0.3) is 0 Å². The zero-order chi connectivity index (χ0) is 12.3. The highest BCUT2D eigenvalue weighted by molar-refractivity contribution is 4.82. The zero-order valence-corrected chi connectivity index (χ0v) is 11.6. The van der Waals surface area contributed by atoms with E-state index in [2.05, 4.69) is 27.4 Å². The van der Waals surface area contributed by atoms with E-state index in [0.29, 0.717) is 6.61 Å². The predicted molar refractivity (Wildman–Crippen MR) is 72.8 cm³/mol. The van der Waals surface area contributed by atoms with Crippen LogP contribution in [-0.2, 0) is 4.74 Å². The topological polar surface area (TPSA) is 9.23 Å². The Hall–Kier alpha value is -0.300. The lowest BCUT2D eigenvalue weighted by Gasteiger charge is -2.34. The molecule has 0 unspecified atom stereocenters. The van der Waals surface area contributed by atoms with Gasteiger partial charge in [-0.25, -0.2) is 0 Å². The van der Waals surface area contributed by atoms with E-state index in [9.17, 15) is 0 Å². The second-order valence-electron chi connectivity index (χ2n) is 4.74. The first-order chi connectivity index (χ1) is 7.74. The van der Waals surface area contributed by atoms with E-state index in [1.165, 1.54) is 51.4 Å². The Kier molecular flexibility index (Phi) is 9.71. The molecule has 0 atom stereocenters. The predicted octanol–water partition coefficient (Wildman–Crippen LogP) is 5.11. The molecule has 0 spiro atoms.